The molecule has 0 saturated heterocycles. The van der Waals surface area contributed by atoms with Crippen molar-refractivity contribution in [2.75, 3.05) is 0 Å². The molecule has 130 valence electrons. The second kappa shape index (κ2) is 5.13. The third kappa shape index (κ3) is 2.23. The zero-order valence-corrected chi connectivity index (χ0v) is 14.1. The first-order valence-electron chi connectivity index (χ1n) is 9.20. The van der Waals surface area contributed by atoms with Crippen LogP contribution in [0.5, 0.6) is 17.2 Å². The molecule has 0 amide bonds. The lowest BCUT2D eigenvalue weighted by atomic mass is 9.49. The van der Waals surface area contributed by atoms with Gasteiger partial charge in [-0.15, -0.1) is 0 Å². The molecule has 2 aromatic rings. The fourth-order valence-corrected chi connectivity index (χ4v) is 5.96. The van der Waals surface area contributed by atoms with E-state index in [1.165, 1.54) is 25.3 Å². The molecule has 4 aliphatic rings. The first-order chi connectivity index (χ1) is 12.0. The highest BCUT2D eigenvalue weighted by molar-refractivity contribution is 5.96. The van der Waals surface area contributed by atoms with Gasteiger partial charge in [0, 0.05) is 16.8 Å². The number of benzene rings is 2. The van der Waals surface area contributed by atoms with E-state index in [2.05, 4.69) is 0 Å². The predicted molar refractivity (Wildman–Crippen MR) is 93.5 cm³/mol. The maximum Gasteiger partial charge on any atom is 0.317 e. The van der Waals surface area contributed by atoms with E-state index in [1.807, 2.05) is 0 Å². The third-order valence-corrected chi connectivity index (χ3v) is 6.63. The molecule has 2 aromatic carbocycles. The monoisotopic (exact) mass is 338 g/mol. The molecule has 0 spiro atoms. The van der Waals surface area contributed by atoms with Crippen LogP contribution in [-0.4, -0.2) is 16.2 Å². The van der Waals surface area contributed by atoms with Crippen LogP contribution in [0.3, 0.4) is 0 Å². The molecule has 6 rings (SSSR count). The van der Waals surface area contributed by atoms with Crippen LogP contribution in [0.25, 0.3) is 10.8 Å². The van der Waals surface area contributed by atoms with Crippen LogP contribution < -0.4 is 4.74 Å². The van der Waals surface area contributed by atoms with E-state index >= 15 is 0 Å². The Bertz CT molecular complexity index is 834. The van der Waals surface area contributed by atoms with Gasteiger partial charge >= 0.3 is 5.97 Å². The van der Waals surface area contributed by atoms with Crippen molar-refractivity contribution in [1.29, 1.82) is 0 Å². The summed E-state index contributed by atoms with van der Waals surface area (Å²) >= 11 is 0. The van der Waals surface area contributed by atoms with Crippen molar-refractivity contribution < 1.29 is 19.7 Å². The van der Waals surface area contributed by atoms with Crippen LogP contribution in [0.4, 0.5) is 0 Å². The maximum atomic E-state index is 13.1. The van der Waals surface area contributed by atoms with Crippen molar-refractivity contribution in [3.63, 3.8) is 0 Å². The molecule has 0 atom stereocenters. The quantitative estimate of drug-likeness (QED) is 0.485. The number of ether oxygens (including phenoxy) is 1. The highest BCUT2D eigenvalue weighted by Gasteiger charge is 2.55. The smallest absolute Gasteiger partial charge is 0.317 e. The van der Waals surface area contributed by atoms with Gasteiger partial charge in [0.05, 0.1) is 5.41 Å². The second-order valence-electron chi connectivity index (χ2n) is 8.38. The average molecular weight is 338 g/mol. The average Bonchev–Trinajstić information content (AvgIpc) is 2.58. The highest BCUT2D eigenvalue weighted by Crippen LogP contribution is 2.60. The number of carbonyl (C=O) groups is 1. The lowest BCUT2D eigenvalue weighted by Gasteiger charge is -2.55. The lowest BCUT2D eigenvalue weighted by Crippen LogP contribution is -2.51. The zero-order chi connectivity index (χ0) is 17.2. The number of carbonyl (C=O) groups excluding carboxylic acids is 1. The molecule has 2 N–H and O–H groups in total. The summed E-state index contributed by atoms with van der Waals surface area (Å²) in [4.78, 5) is 13.1. The van der Waals surface area contributed by atoms with Crippen LogP contribution in [0.2, 0.25) is 0 Å². The van der Waals surface area contributed by atoms with Crippen molar-refractivity contribution in [1.82, 2.24) is 0 Å². The van der Waals surface area contributed by atoms with Crippen molar-refractivity contribution in [3.05, 3.63) is 30.3 Å². The predicted octanol–water partition coefficient (Wildman–Crippen LogP) is 4.37. The number of fused-ring (bicyclic) bond motifs is 1. The van der Waals surface area contributed by atoms with Crippen molar-refractivity contribution in [2.24, 2.45) is 23.2 Å². The van der Waals surface area contributed by atoms with Crippen molar-refractivity contribution in [2.45, 2.75) is 38.5 Å². The second-order valence-corrected chi connectivity index (χ2v) is 8.38. The number of hydrogen-bond acceptors (Lipinski definition) is 4. The normalized spacial score (nSPS) is 32.9. The first-order valence-corrected chi connectivity index (χ1v) is 9.20. The summed E-state index contributed by atoms with van der Waals surface area (Å²) in [5, 5.41) is 21.8. The number of phenolic OH excluding ortho intramolecular Hbond substituents is 2. The molecule has 4 saturated carbocycles. The van der Waals surface area contributed by atoms with Crippen LogP contribution in [-0.2, 0) is 4.79 Å². The fraction of sp³-hybridized carbons (Fsp3) is 0.476. The number of esters is 1. The van der Waals surface area contributed by atoms with E-state index in [9.17, 15) is 15.0 Å². The van der Waals surface area contributed by atoms with Gasteiger partial charge in [0.25, 0.3) is 0 Å². The Morgan fingerprint density at radius 1 is 0.960 bits per heavy atom. The van der Waals surface area contributed by atoms with Gasteiger partial charge in [-0.3, -0.25) is 4.79 Å². The van der Waals surface area contributed by atoms with Gasteiger partial charge in [0.1, 0.15) is 5.75 Å². The summed E-state index contributed by atoms with van der Waals surface area (Å²) in [6.07, 6.45) is 6.52. The molecular weight excluding hydrogens is 316 g/mol. The Morgan fingerprint density at radius 3 is 2.12 bits per heavy atom. The Labute approximate surface area is 146 Å². The largest absolute Gasteiger partial charge is 0.507 e. The van der Waals surface area contributed by atoms with Crippen LogP contribution in [0.15, 0.2) is 30.3 Å². The molecule has 4 bridgehead atoms. The zero-order valence-electron chi connectivity index (χ0n) is 14.1. The lowest BCUT2D eigenvalue weighted by molar-refractivity contribution is -0.161. The molecule has 0 radical (unpaired) electrons. The molecule has 25 heavy (non-hydrogen) atoms. The Hall–Kier alpha value is -2.23. The Morgan fingerprint density at radius 2 is 1.52 bits per heavy atom. The highest BCUT2D eigenvalue weighted by atomic mass is 16.5. The number of aromatic hydroxyl groups is 2. The van der Waals surface area contributed by atoms with Gasteiger partial charge in [0.15, 0.2) is 11.5 Å². The number of rotatable bonds is 2. The summed E-state index contributed by atoms with van der Waals surface area (Å²) in [5.74, 6) is 1.73. The summed E-state index contributed by atoms with van der Waals surface area (Å²) < 4.78 is 5.67. The van der Waals surface area contributed by atoms with Crippen molar-refractivity contribution >= 4 is 16.7 Å². The standard InChI is InChI=1S/C21H22O4/c22-17-8-18(19(23)16-4-2-1-3-15(16)17)25-20(24)21-9-12-5-13(10-21)7-14(6-12)11-21/h1-4,8,12-14,22-23H,5-7,9-11H2. The maximum absolute atomic E-state index is 13.1. The minimum Gasteiger partial charge on any atom is -0.507 e. The van der Waals surface area contributed by atoms with E-state index in [4.69, 9.17) is 4.74 Å². The van der Waals surface area contributed by atoms with E-state index in [0.29, 0.717) is 28.5 Å². The molecule has 0 unspecified atom stereocenters. The van der Waals surface area contributed by atoms with E-state index in [0.717, 1.165) is 19.3 Å². The molecule has 4 nitrogen and oxygen atoms in total. The van der Waals surface area contributed by atoms with Gasteiger partial charge in [-0.2, -0.15) is 0 Å². The van der Waals surface area contributed by atoms with Crippen molar-refractivity contribution in [3.8, 4) is 17.2 Å². The molecule has 4 aliphatic carbocycles. The molecule has 0 aliphatic heterocycles. The fourth-order valence-electron chi connectivity index (χ4n) is 5.96. The van der Waals surface area contributed by atoms with Crippen LogP contribution >= 0.6 is 0 Å². The molecule has 4 heteroatoms. The topological polar surface area (TPSA) is 66.8 Å². The summed E-state index contributed by atoms with van der Waals surface area (Å²) in [5.41, 5.74) is -0.386. The number of hydrogen-bond donors (Lipinski definition) is 2. The van der Waals surface area contributed by atoms with Gasteiger partial charge in [-0.1, -0.05) is 24.3 Å². The van der Waals surface area contributed by atoms with Gasteiger partial charge in [0.2, 0.25) is 0 Å². The Balaban J connectivity index is 1.49. The van der Waals surface area contributed by atoms with E-state index in [1.54, 1.807) is 24.3 Å². The SMILES string of the molecule is O=C(Oc1cc(O)c2ccccc2c1O)C12CC3CC(CC(C3)C1)C2. The molecule has 0 aromatic heterocycles. The minimum atomic E-state index is -0.386. The number of phenols is 2. The molecule has 0 heterocycles. The summed E-state index contributed by atoms with van der Waals surface area (Å²) in [6, 6.07) is 8.38. The minimum absolute atomic E-state index is 0.0155. The summed E-state index contributed by atoms with van der Waals surface area (Å²) in [6.45, 7) is 0. The molecule has 4 fully saturated rings. The first kappa shape index (κ1) is 15.1. The van der Waals surface area contributed by atoms with Crippen LogP contribution in [0, 0.1) is 23.2 Å². The Kier molecular flexibility index (Phi) is 3.09. The van der Waals surface area contributed by atoms with Crippen LogP contribution in [0.1, 0.15) is 38.5 Å². The summed E-state index contributed by atoms with van der Waals surface area (Å²) in [7, 11) is 0. The van der Waals surface area contributed by atoms with Gasteiger partial charge in [-0.25, -0.2) is 0 Å². The van der Waals surface area contributed by atoms with Gasteiger partial charge in [-0.05, 0) is 56.3 Å². The van der Waals surface area contributed by atoms with E-state index < -0.39 is 0 Å². The van der Waals surface area contributed by atoms with E-state index in [-0.39, 0.29) is 28.6 Å². The molecular formula is C21H22O4. The van der Waals surface area contributed by atoms with Gasteiger partial charge < -0.3 is 14.9 Å². The third-order valence-electron chi connectivity index (χ3n) is 6.63.